The van der Waals surface area contributed by atoms with Gasteiger partial charge in [0.15, 0.2) is 0 Å². The number of fused-ring (bicyclic) bond motifs is 1. The van der Waals surface area contributed by atoms with E-state index >= 15 is 0 Å². The third kappa shape index (κ3) is 2.55. The Hall–Kier alpha value is -3.15. The topological polar surface area (TPSA) is 87.1 Å². The number of para-hydroxylation sites is 1. The minimum absolute atomic E-state index is 0.358. The van der Waals surface area contributed by atoms with Crippen molar-refractivity contribution < 1.29 is 4.79 Å². The van der Waals surface area contributed by atoms with Crippen LogP contribution in [0.1, 0.15) is 24.1 Å². The van der Waals surface area contributed by atoms with Gasteiger partial charge in [0.1, 0.15) is 6.04 Å². The second-order valence-corrected chi connectivity index (χ2v) is 6.11. The number of hydrogen-bond acceptors (Lipinski definition) is 3. The minimum atomic E-state index is -0.880. The van der Waals surface area contributed by atoms with Crippen molar-refractivity contribution in [3.05, 3.63) is 74.4 Å². The average Bonchev–Trinajstić information content (AvgIpc) is 2.58. The summed E-state index contributed by atoms with van der Waals surface area (Å²) in [6, 6.07) is 11.3. The van der Waals surface area contributed by atoms with Crippen molar-refractivity contribution in [2.24, 2.45) is 5.73 Å². The lowest BCUT2D eigenvalue weighted by molar-refractivity contribution is -0.120. The van der Waals surface area contributed by atoms with Crippen molar-refractivity contribution >= 4 is 16.8 Å². The Balaban J connectivity index is 2.54. The molecular formula is C19H19N3O3. The van der Waals surface area contributed by atoms with Crippen LogP contribution in [0.15, 0.2) is 52.1 Å². The van der Waals surface area contributed by atoms with Crippen molar-refractivity contribution in [3.8, 4) is 5.69 Å². The van der Waals surface area contributed by atoms with E-state index in [0.717, 1.165) is 15.7 Å². The fourth-order valence-electron chi connectivity index (χ4n) is 2.97. The molecule has 6 heteroatoms. The molecule has 0 radical (unpaired) electrons. The van der Waals surface area contributed by atoms with Crippen molar-refractivity contribution in [1.82, 2.24) is 9.13 Å². The molecule has 0 saturated heterocycles. The van der Waals surface area contributed by atoms with Gasteiger partial charge in [-0.1, -0.05) is 24.3 Å². The molecule has 6 nitrogen and oxygen atoms in total. The molecule has 0 aliphatic carbocycles. The minimum Gasteiger partial charge on any atom is -0.368 e. The molecular weight excluding hydrogens is 318 g/mol. The number of carbonyl (C=O) groups is 1. The summed E-state index contributed by atoms with van der Waals surface area (Å²) < 4.78 is 2.39. The van der Waals surface area contributed by atoms with Gasteiger partial charge in [-0.25, -0.2) is 9.36 Å². The number of carbonyl (C=O) groups excluding carboxylic acids is 1. The van der Waals surface area contributed by atoms with E-state index in [9.17, 15) is 14.4 Å². The zero-order valence-electron chi connectivity index (χ0n) is 14.3. The second-order valence-electron chi connectivity index (χ2n) is 6.11. The number of amides is 1. The number of hydrogen-bond donors (Lipinski definition) is 1. The number of benzene rings is 2. The molecule has 1 amide bonds. The quantitative estimate of drug-likeness (QED) is 0.791. The Morgan fingerprint density at radius 2 is 1.72 bits per heavy atom. The molecule has 0 bridgehead atoms. The summed E-state index contributed by atoms with van der Waals surface area (Å²) in [5.41, 5.74) is 7.12. The van der Waals surface area contributed by atoms with Crippen molar-refractivity contribution in [2.45, 2.75) is 26.8 Å². The third-order valence-corrected chi connectivity index (χ3v) is 4.61. The van der Waals surface area contributed by atoms with Crippen LogP contribution >= 0.6 is 0 Å². The van der Waals surface area contributed by atoms with Crippen LogP contribution < -0.4 is 17.0 Å². The third-order valence-electron chi connectivity index (χ3n) is 4.61. The van der Waals surface area contributed by atoms with E-state index in [0.29, 0.717) is 16.6 Å². The van der Waals surface area contributed by atoms with Gasteiger partial charge in [-0.3, -0.25) is 14.2 Å². The summed E-state index contributed by atoms with van der Waals surface area (Å²) in [4.78, 5) is 37.8. The van der Waals surface area contributed by atoms with Crippen LogP contribution in [0.25, 0.3) is 16.6 Å². The summed E-state index contributed by atoms with van der Waals surface area (Å²) in [5.74, 6) is -0.640. The van der Waals surface area contributed by atoms with Crippen molar-refractivity contribution in [1.29, 1.82) is 0 Å². The van der Waals surface area contributed by atoms with Gasteiger partial charge in [0.25, 0.3) is 5.56 Å². The summed E-state index contributed by atoms with van der Waals surface area (Å²) in [6.45, 7) is 5.32. The van der Waals surface area contributed by atoms with Gasteiger partial charge in [0.2, 0.25) is 5.91 Å². The van der Waals surface area contributed by atoms with Gasteiger partial charge in [0, 0.05) is 0 Å². The highest BCUT2D eigenvalue weighted by Crippen LogP contribution is 2.18. The fraction of sp³-hybridized carbons (Fsp3) is 0.211. The fourth-order valence-corrected chi connectivity index (χ4v) is 2.97. The number of nitrogens with two attached hydrogens (primary N) is 1. The van der Waals surface area contributed by atoms with Gasteiger partial charge in [-0.2, -0.15) is 0 Å². The largest absolute Gasteiger partial charge is 0.368 e. The van der Waals surface area contributed by atoms with Crippen molar-refractivity contribution in [3.63, 3.8) is 0 Å². The van der Waals surface area contributed by atoms with E-state index in [1.54, 1.807) is 43.3 Å². The highest BCUT2D eigenvalue weighted by atomic mass is 16.2. The van der Waals surface area contributed by atoms with Crippen LogP contribution in [0.3, 0.4) is 0 Å². The lowest BCUT2D eigenvalue weighted by Gasteiger charge is -2.18. The number of nitrogens with zero attached hydrogens (tertiary/aromatic N) is 2. The summed E-state index contributed by atoms with van der Waals surface area (Å²) >= 11 is 0. The van der Waals surface area contributed by atoms with E-state index in [1.165, 1.54) is 4.57 Å². The second kappa shape index (κ2) is 6.05. The molecule has 1 aromatic heterocycles. The molecule has 0 aliphatic heterocycles. The van der Waals surface area contributed by atoms with Gasteiger partial charge in [0.05, 0.1) is 16.6 Å². The maximum atomic E-state index is 13.1. The standard InChI is InChI=1S/C19H19N3O3/c1-11-7-6-10-15(12(11)2)22-18(24)14-8-4-5-9-16(14)21(19(22)25)13(3)17(20)23/h4-10,13H,1-3H3,(H2,20,23). The molecule has 2 aromatic carbocycles. The molecule has 1 heterocycles. The Kier molecular flexibility index (Phi) is 4.04. The molecule has 2 N–H and O–H groups in total. The maximum Gasteiger partial charge on any atom is 0.336 e. The summed E-state index contributed by atoms with van der Waals surface area (Å²) in [6.07, 6.45) is 0. The highest BCUT2D eigenvalue weighted by Gasteiger charge is 2.21. The van der Waals surface area contributed by atoms with Crippen LogP contribution in [-0.4, -0.2) is 15.0 Å². The maximum absolute atomic E-state index is 13.1. The molecule has 0 aliphatic rings. The monoisotopic (exact) mass is 337 g/mol. The predicted molar refractivity (Wildman–Crippen MR) is 97.2 cm³/mol. The smallest absolute Gasteiger partial charge is 0.336 e. The zero-order chi connectivity index (χ0) is 18.3. The first-order valence-electron chi connectivity index (χ1n) is 7.96. The van der Waals surface area contributed by atoms with E-state index in [2.05, 4.69) is 0 Å². The van der Waals surface area contributed by atoms with E-state index in [4.69, 9.17) is 5.73 Å². The molecule has 3 rings (SSSR count). The molecule has 1 unspecified atom stereocenters. The van der Waals surface area contributed by atoms with Gasteiger partial charge < -0.3 is 5.73 Å². The highest BCUT2D eigenvalue weighted by molar-refractivity contribution is 5.83. The molecule has 0 fully saturated rings. The van der Waals surface area contributed by atoms with Gasteiger partial charge in [-0.15, -0.1) is 0 Å². The lowest BCUT2D eigenvalue weighted by atomic mass is 10.1. The zero-order valence-corrected chi connectivity index (χ0v) is 14.3. The Morgan fingerprint density at radius 1 is 1.04 bits per heavy atom. The molecule has 25 heavy (non-hydrogen) atoms. The van der Waals surface area contributed by atoms with Crippen LogP contribution in [0, 0.1) is 13.8 Å². The average molecular weight is 337 g/mol. The molecule has 0 saturated carbocycles. The van der Waals surface area contributed by atoms with E-state index in [1.807, 2.05) is 19.9 Å². The predicted octanol–water partition coefficient (Wildman–Crippen LogP) is 1.82. The first-order chi connectivity index (χ1) is 11.8. The Morgan fingerprint density at radius 3 is 2.40 bits per heavy atom. The number of aryl methyl sites for hydroxylation is 1. The molecule has 128 valence electrons. The van der Waals surface area contributed by atoms with Gasteiger partial charge >= 0.3 is 5.69 Å². The van der Waals surface area contributed by atoms with Crippen LogP contribution in [0.4, 0.5) is 0 Å². The molecule has 1 atom stereocenters. The number of rotatable bonds is 3. The number of primary amides is 1. The lowest BCUT2D eigenvalue weighted by Crippen LogP contribution is -2.43. The van der Waals surface area contributed by atoms with E-state index < -0.39 is 23.2 Å². The summed E-state index contributed by atoms with van der Waals surface area (Å²) in [7, 11) is 0. The Labute approximate surface area is 144 Å². The van der Waals surface area contributed by atoms with Gasteiger partial charge in [-0.05, 0) is 50.1 Å². The van der Waals surface area contributed by atoms with Crippen LogP contribution in [0.2, 0.25) is 0 Å². The van der Waals surface area contributed by atoms with E-state index in [-0.39, 0.29) is 0 Å². The normalized spacial score (nSPS) is 12.3. The van der Waals surface area contributed by atoms with Crippen LogP contribution in [0.5, 0.6) is 0 Å². The number of aromatic nitrogens is 2. The molecule has 0 spiro atoms. The summed E-state index contributed by atoms with van der Waals surface area (Å²) in [5, 5.41) is 0.358. The Bertz CT molecular complexity index is 1110. The molecule has 3 aromatic rings. The van der Waals surface area contributed by atoms with Crippen molar-refractivity contribution in [2.75, 3.05) is 0 Å². The SMILES string of the molecule is Cc1cccc(-n2c(=O)c3ccccc3n(C(C)C(N)=O)c2=O)c1C. The van der Waals surface area contributed by atoms with Crippen LogP contribution in [-0.2, 0) is 4.79 Å². The first kappa shape index (κ1) is 16.7. The first-order valence-corrected chi connectivity index (χ1v) is 7.96.